The number of hydrogen-bond donors (Lipinski definition) is 2. The van der Waals surface area contributed by atoms with Crippen LogP contribution in [0.15, 0.2) is 0 Å². The highest BCUT2D eigenvalue weighted by atomic mass is 28.4. The number of carbonyl (C=O) groups is 3. The van der Waals surface area contributed by atoms with E-state index in [2.05, 4.69) is 78.4 Å². The minimum Gasteiger partial charge on any atom is -0.415 e. The highest BCUT2D eigenvalue weighted by molar-refractivity contribution is 6.74. The van der Waals surface area contributed by atoms with Gasteiger partial charge in [0, 0.05) is 31.8 Å². The van der Waals surface area contributed by atoms with E-state index in [1.54, 1.807) is 0 Å². The van der Waals surface area contributed by atoms with Crippen LogP contribution in [0.2, 0.25) is 36.3 Å². The molecule has 0 saturated heterocycles. The van der Waals surface area contributed by atoms with Crippen molar-refractivity contribution >= 4 is 34.7 Å². The maximum absolute atomic E-state index is 12.1. The molecule has 0 aliphatic heterocycles. The number of aldehydes is 1. The summed E-state index contributed by atoms with van der Waals surface area (Å²) in [6.45, 7) is 24.2. The van der Waals surface area contributed by atoms with Gasteiger partial charge in [-0.2, -0.15) is 0 Å². The van der Waals surface area contributed by atoms with Gasteiger partial charge in [-0.3, -0.25) is 9.59 Å². The van der Waals surface area contributed by atoms with E-state index >= 15 is 0 Å². The lowest BCUT2D eigenvalue weighted by atomic mass is 9.96. The zero-order chi connectivity index (χ0) is 28.8. The van der Waals surface area contributed by atoms with Crippen LogP contribution in [0.5, 0.6) is 0 Å². The van der Waals surface area contributed by atoms with Crippen LogP contribution in [0.3, 0.4) is 0 Å². The maximum Gasteiger partial charge on any atom is 0.220 e. The van der Waals surface area contributed by atoms with Crippen LogP contribution >= 0.6 is 0 Å². The van der Waals surface area contributed by atoms with Crippen molar-refractivity contribution in [3.05, 3.63) is 0 Å². The third-order valence-corrected chi connectivity index (χ3v) is 17.1. The molecule has 0 aliphatic rings. The van der Waals surface area contributed by atoms with Gasteiger partial charge in [0.05, 0.1) is 13.2 Å². The predicted molar refractivity (Wildman–Crippen MR) is 159 cm³/mol. The number of amides is 2. The summed E-state index contributed by atoms with van der Waals surface area (Å²) in [5.74, 6) is 0.0894. The number of carbonyl (C=O) groups excluding carboxylic acids is 3. The van der Waals surface area contributed by atoms with Gasteiger partial charge in [0.2, 0.25) is 11.8 Å². The number of unbranched alkanes of at least 4 members (excludes halogenated alkanes) is 2. The van der Waals surface area contributed by atoms with Gasteiger partial charge in [-0.25, -0.2) is 0 Å². The fraction of sp³-hybridized carbons (Fsp3) is 0.893. The van der Waals surface area contributed by atoms with Crippen LogP contribution in [0.25, 0.3) is 0 Å². The van der Waals surface area contributed by atoms with Gasteiger partial charge in [-0.15, -0.1) is 0 Å². The molecule has 0 heterocycles. The molecule has 0 aromatic rings. The summed E-state index contributed by atoms with van der Waals surface area (Å²) in [4.78, 5) is 35.6. The second kappa shape index (κ2) is 16.8. The second-order valence-corrected chi connectivity index (χ2v) is 22.9. The molecule has 0 fully saturated rings. The van der Waals surface area contributed by atoms with Gasteiger partial charge in [0.25, 0.3) is 0 Å². The van der Waals surface area contributed by atoms with Gasteiger partial charge in [0.1, 0.15) is 6.29 Å². The zero-order valence-corrected chi connectivity index (χ0v) is 27.7. The van der Waals surface area contributed by atoms with E-state index in [1.165, 1.54) is 0 Å². The fourth-order valence-electron chi connectivity index (χ4n) is 3.27. The van der Waals surface area contributed by atoms with E-state index in [9.17, 15) is 14.4 Å². The third kappa shape index (κ3) is 15.8. The van der Waals surface area contributed by atoms with Gasteiger partial charge in [-0.05, 0) is 61.9 Å². The molecule has 0 bridgehead atoms. The van der Waals surface area contributed by atoms with E-state index in [1.807, 2.05) is 0 Å². The molecule has 37 heavy (non-hydrogen) atoms. The van der Waals surface area contributed by atoms with Crippen molar-refractivity contribution in [2.75, 3.05) is 26.3 Å². The summed E-state index contributed by atoms with van der Waals surface area (Å²) in [7, 11) is -3.55. The summed E-state index contributed by atoms with van der Waals surface area (Å²) in [6, 6.07) is 0. The Morgan fingerprint density at radius 3 is 1.35 bits per heavy atom. The van der Waals surface area contributed by atoms with Crippen molar-refractivity contribution in [1.82, 2.24) is 10.6 Å². The molecule has 2 N–H and O–H groups in total. The molecule has 218 valence electrons. The van der Waals surface area contributed by atoms with Crippen LogP contribution in [-0.4, -0.2) is 61.0 Å². The standard InChI is InChI=1S/C28H58N2O5Si2/c1-27(2,3)36(7,8)34-21-19-29-25(32)17-13-11-15-24(23-31)16-12-14-18-26(33)30-20-22-35-37(9,10)28(4,5)6/h23-24H,11-22H2,1-10H3,(H,29,32)(H,30,33). The molecular weight excluding hydrogens is 500 g/mol. The number of nitrogens with one attached hydrogen (secondary N) is 2. The smallest absolute Gasteiger partial charge is 0.220 e. The molecular formula is C28H58N2O5Si2. The average Bonchev–Trinajstić information content (AvgIpc) is 2.77. The first kappa shape index (κ1) is 36.0. The van der Waals surface area contributed by atoms with E-state index in [0.717, 1.165) is 44.8 Å². The highest BCUT2D eigenvalue weighted by Crippen LogP contribution is 2.37. The van der Waals surface area contributed by atoms with Crippen LogP contribution in [0.1, 0.15) is 92.9 Å². The molecule has 0 aromatic heterocycles. The summed E-state index contributed by atoms with van der Waals surface area (Å²) in [5, 5.41) is 6.21. The predicted octanol–water partition coefficient (Wildman–Crippen LogP) is 6.20. The first-order chi connectivity index (χ1) is 16.9. The lowest BCUT2D eigenvalue weighted by Gasteiger charge is -2.36. The zero-order valence-electron chi connectivity index (χ0n) is 25.7. The molecule has 0 aliphatic carbocycles. The molecule has 0 spiro atoms. The van der Waals surface area contributed by atoms with Crippen molar-refractivity contribution in [2.24, 2.45) is 5.92 Å². The van der Waals surface area contributed by atoms with Gasteiger partial charge < -0.3 is 24.3 Å². The molecule has 0 atom stereocenters. The first-order valence-corrected chi connectivity index (χ1v) is 20.0. The van der Waals surface area contributed by atoms with Gasteiger partial charge >= 0.3 is 0 Å². The summed E-state index contributed by atoms with van der Waals surface area (Å²) in [5.41, 5.74) is 0. The minimum atomic E-state index is -1.78. The van der Waals surface area contributed by atoms with E-state index in [0.29, 0.717) is 39.1 Å². The fourth-order valence-corrected chi connectivity index (χ4v) is 5.36. The van der Waals surface area contributed by atoms with Crippen molar-refractivity contribution in [3.8, 4) is 0 Å². The second-order valence-electron chi connectivity index (χ2n) is 13.3. The van der Waals surface area contributed by atoms with Crippen molar-refractivity contribution in [1.29, 1.82) is 0 Å². The molecule has 0 saturated carbocycles. The third-order valence-electron chi connectivity index (χ3n) is 8.04. The summed E-state index contributed by atoms with van der Waals surface area (Å²) in [6.07, 6.45) is 6.83. The largest absolute Gasteiger partial charge is 0.415 e. The number of rotatable bonds is 19. The lowest BCUT2D eigenvalue weighted by Crippen LogP contribution is -2.42. The molecule has 0 aromatic carbocycles. The Morgan fingerprint density at radius 2 is 1.05 bits per heavy atom. The summed E-state index contributed by atoms with van der Waals surface area (Å²) >= 11 is 0. The Bertz CT molecular complexity index is 631. The van der Waals surface area contributed by atoms with Crippen LogP contribution in [0.4, 0.5) is 0 Å². The minimum absolute atomic E-state index is 0.00194. The molecule has 0 radical (unpaired) electrons. The number of hydrogen-bond acceptors (Lipinski definition) is 5. The van der Waals surface area contributed by atoms with Crippen LogP contribution in [-0.2, 0) is 23.2 Å². The highest BCUT2D eigenvalue weighted by Gasteiger charge is 2.37. The van der Waals surface area contributed by atoms with E-state index in [-0.39, 0.29) is 27.8 Å². The molecule has 2 amide bonds. The Hall–Kier alpha value is -1.04. The van der Waals surface area contributed by atoms with E-state index < -0.39 is 16.6 Å². The Morgan fingerprint density at radius 1 is 0.703 bits per heavy atom. The Balaban J connectivity index is 3.88. The normalized spacial score (nSPS) is 13.1. The van der Waals surface area contributed by atoms with Crippen LogP contribution < -0.4 is 10.6 Å². The monoisotopic (exact) mass is 558 g/mol. The summed E-state index contributed by atoms with van der Waals surface area (Å²) < 4.78 is 12.2. The topological polar surface area (TPSA) is 93.7 Å². The van der Waals surface area contributed by atoms with Crippen molar-refractivity contribution in [2.45, 2.75) is 129 Å². The maximum atomic E-state index is 12.1. The lowest BCUT2D eigenvalue weighted by molar-refractivity contribution is -0.122. The van der Waals surface area contributed by atoms with E-state index in [4.69, 9.17) is 8.85 Å². The molecule has 0 rings (SSSR count). The molecule has 7 nitrogen and oxygen atoms in total. The molecule has 0 unspecified atom stereocenters. The SMILES string of the molecule is CC(C)(C)[Si](C)(C)OCCNC(=O)CCCCC(C=O)CCCCC(=O)NCCO[Si](C)(C)C(C)(C)C. The van der Waals surface area contributed by atoms with Crippen LogP contribution in [0, 0.1) is 5.92 Å². The van der Waals surface area contributed by atoms with Crippen molar-refractivity contribution in [3.63, 3.8) is 0 Å². The van der Waals surface area contributed by atoms with Gasteiger partial charge in [0.15, 0.2) is 16.6 Å². The molecule has 9 heteroatoms. The van der Waals surface area contributed by atoms with Gasteiger partial charge in [-0.1, -0.05) is 54.4 Å². The average molecular weight is 559 g/mol. The Labute approximate surface area is 229 Å². The first-order valence-electron chi connectivity index (χ1n) is 14.2. The quantitative estimate of drug-likeness (QED) is 0.112. The Kier molecular flexibility index (Phi) is 16.4. The van der Waals surface area contributed by atoms with Crippen molar-refractivity contribution < 1.29 is 23.2 Å².